The van der Waals surface area contributed by atoms with Gasteiger partial charge in [0, 0.05) is 9.75 Å². The van der Waals surface area contributed by atoms with Gasteiger partial charge < -0.3 is 5.11 Å². The van der Waals surface area contributed by atoms with Gasteiger partial charge >= 0.3 is 0 Å². The summed E-state index contributed by atoms with van der Waals surface area (Å²) < 4.78 is 0. The zero-order valence-corrected chi connectivity index (χ0v) is 13.1. The van der Waals surface area contributed by atoms with E-state index in [2.05, 4.69) is 58.9 Å². The summed E-state index contributed by atoms with van der Waals surface area (Å²) in [6.07, 6.45) is -0.514. The van der Waals surface area contributed by atoms with Crippen LogP contribution in [-0.2, 0) is 5.41 Å². The lowest BCUT2D eigenvalue weighted by Crippen LogP contribution is -2.07. The van der Waals surface area contributed by atoms with Crippen molar-refractivity contribution in [3.8, 4) is 0 Å². The average molecular weight is 274 g/mol. The zero-order chi connectivity index (χ0) is 14.2. The van der Waals surface area contributed by atoms with E-state index in [9.17, 15) is 5.11 Å². The van der Waals surface area contributed by atoms with E-state index in [4.69, 9.17) is 0 Å². The highest BCUT2D eigenvalue weighted by Crippen LogP contribution is 2.34. The van der Waals surface area contributed by atoms with Crippen molar-refractivity contribution in [3.63, 3.8) is 0 Å². The fourth-order valence-electron chi connectivity index (χ4n) is 2.23. The first-order valence-corrected chi connectivity index (χ1v) is 7.45. The van der Waals surface area contributed by atoms with Crippen molar-refractivity contribution in [2.45, 2.75) is 46.1 Å². The highest BCUT2D eigenvalue weighted by atomic mass is 32.1. The van der Waals surface area contributed by atoms with Crippen LogP contribution in [0.15, 0.2) is 30.3 Å². The smallest absolute Gasteiger partial charge is 0.113 e. The minimum absolute atomic E-state index is 0.144. The largest absolute Gasteiger partial charge is 0.383 e. The van der Waals surface area contributed by atoms with Gasteiger partial charge in [-0.3, -0.25) is 0 Å². The van der Waals surface area contributed by atoms with Crippen LogP contribution in [0.2, 0.25) is 0 Å². The number of thiophene rings is 1. The lowest BCUT2D eigenvalue weighted by Gasteiger charge is -2.16. The van der Waals surface area contributed by atoms with Gasteiger partial charge in [0.15, 0.2) is 0 Å². The number of aliphatic hydroxyl groups is 1. The Morgan fingerprint density at radius 2 is 1.58 bits per heavy atom. The number of aliphatic hydroxyl groups excluding tert-OH is 1. The van der Waals surface area contributed by atoms with Gasteiger partial charge in [-0.15, -0.1) is 11.3 Å². The molecule has 0 spiro atoms. The summed E-state index contributed by atoms with van der Waals surface area (Å²) >= 11 is 1.70. The van der Waals surface area contributed by atoms with Gasteiger partial charge in [0.05, 0.1) is 0 Å². The summed E-state index contributed by atoms with van der Waals surface area (Å²) in [5.41, 5.74) is 3.52. The first kappa shape index (κ1) is 14.3. The van der Waals surface area contributed by atoms with Crippen LogP contribution in [0.3, 0.4) is 0 Å². The van der Waals surface area contributed by atoms with Crippen molar-refractivity contribution in [1.29, 1.82) is 0 Å². The molecule has 1 heterocycles. The van der Waals surface area contributed by atoms with E-state index in [1.807, 2.05) is 6.07 Å². The highest BCUT2D eigenvalue weighted by Gasteiger charge is 2.19. The van der Waals surface area contributed by atoms with E-state index in [0.29, 0.717) is 0 Å². The summed E-state index contributed by atoms with van der Waals surface area (Å²) in [7, 11) is 0. The molecule has 0 aliphatic carbocycles. The molecule has 1 nitrogen and oxygen atoms in total. The summed E-state index contributed by atoms with van der Waals surface area (Å²) in [5, 5.41) is 10.5. The Hall–Kier alpha value is -1.12. The summed E-state index contributed by atoms with van der Waals surface area (Å²) in [6.45, 7) is 10.7. The SMILES string of the molecule is Cc1cc(C)cc(C(O)c2ccc(C(C)(C)C)s2)c1. The second-order valence-corrected chi connectivity index (χ2v) is 7.39. The van der Waals surface area contributed by atoms with Crippen molar-refractivity contribution < 1.29 is 5.11 Å². The first-order valence-electron chi connectivity index (χ1n) is 6.64. The van der Waals surface area contributed by atoms with Crippen LogP contribution < -0.4 is 0 Å². The predicted molar refractivity (Wildman–Crippen MR) is 83.0 cm³/mol. The fourth-order valence-corrected chi connectivity index (χ4v) is 3.31. The van der Waals surface area contributed by atoms with Crippen molar-refractivity contribution in [1.82, 2.24) is 0 Å². The van der Waals surface area contributed by atoms with E-state index in [0.717, 1.165) is 10.4 Å². The maximum atomic E-state index is 10.5. The van der Waals surface area contributed by atoms with Crippen LogP contribution in [0.25, 0.3) is 0 Å². The Bertz CT molecular complexity index is 555. The lowest BCUT2D eigenvalue weighted by atomic mass is 9.95. The topological polar surface area (TPSA) is 20.2 Å². The van der Waals surface area contributed by atoms with Crippen molar-refractivity contribution in [2.24, 2.45) is 0 Å². The number of aryl methyl sites for hydroxylation is 2. The Labute approximate surface area is 119 Å². The second kappa shape index (κ2) is 5.10. The molecule has 0 radical (unpaired) electrons. The third-order valence-corrected chi connectivity index (χ3v) is 4.76. The molecule has 0 amide bonds. The normalized spacial score (nSPS) is 13.6. The van der Waals surface area contributed by atoms with Crippen LogP contribution in [-0.4, -0.2) is 5.11 Å². The van der Waals surface area contributed by atoms with E-state index < -0.39 is 6.10 Å². The molecule has 0 saturated carbocycles. The number of hydrogen-bond acceptors (Lipinski definition) is 2. The monoisotopic (exact) mass is 274 g/mol. The molecule has 0 aliphatic rings. The molecular formula is C17H22OS. The fraction of sp³-hybridized carbons (Fsp3) is 0.412. The van der Waals surface area contributed by atoms with Gasteiger partial charge in [-0.25, -0.2) is 0 Å². The third-order valence-electron chi connectivity index (χ3n) is 3.20. The minimum Gasteiger partial charge on any atom is -0.383 e. The van der Waals surface area contributed by atoms with Gasteiger partial charge in [0.2, 0.25) is 0 Å². The van der Waals surface area contributed by atoms with Crippen LogP contribution in [0, 0.1) is 13.8 Å². The molecule has 0 aliphatic heterocycles. The quantitative estimate of drug-likeness (QED) is 0.838. The molecule has 1 atom stereocenters. The molecule has 0 saturated heterocycles. The minimum atomic E-state index is -0.514. The average Bonchev–Trinajstić information content (AvgIpc) is 2.75. The summed E-state index contributed by atoms with van der Waals surface area (Å²) in [5.74, 6) is 0. The molecule has 2 aromatic rings. The maximum absolute atomic E-state index is 10.5. The molecule has 0 fully saturated rings. The summed E-state index contributed by atoms with van der Waals surface area (Å²) in [6, 6.07) is 10.4. The van der Waals surface area contributed by atoms with E-state index in [1.54, 1.807) is 11.3 Å². The molecule has 1 aromatic carbocycles. The third kappa shape index (κ3) is 3.26. The molecule has 19 heavy (non-hydrogen) atoms. The first-order chi connectivity index (χ1) is 8.77. The van der Waals surface area contributed by atoms with E-state index in [1.165, 1.54) is 16.0 Å². The van der Waals surface area contributed by atoms with Crippen LogP contribution in [0.4, 0.5) is 0 Å². The number of benzene rings is 1. The van der Waals surface area contributed by atoms with Crippen LogP contribution >= 0.6 is 11.3 Å². The van der Waals surface area contributed by atoms with Crippen molar-refractivity contribution in [3.05, 3.63) is 56.8 Å². The zero-order valence-electron chi connectivity index (χ0n) is 12.3. The van der Waals surface area contributed by atoms with Gasteiger partial charge in [0.25, 0.3) is 0 Å². The van der Waals surface area contributed by atoms with Gasteiger partial charge in [-0.1, -0.05) is 50.1 Å². The number of rotatable bonds is 2. The molecule has 1 aromatic heterocycles. The molecule has 0 bridgehead atoms. The molecule has 2 heteroatoms. The standard InChI is InChI=1S/C17H22OS/c1-11-8-12(2)10-13(9-11)16(18)14-6-7-15(19-14)17(3,4)5/h6-10,16,18H,1-5H3. The Kier molecular flexibility index (Phi) is 3.84. The Balaban J connectivity index is 2.33. The van der Waals surface area contributed by atoms with Crippen LogP contribution in [0.1, 0.15) is 53.3 Å². The summed E-state index contributed by atoms with van der Waals surface area (Å²) in [4.78, 5) is 2.33. The Morgan fingerprint density at radius 1 is 1.00 bits per heavy atom. The van der Waals surface area contributed by atoms with E-state index in [-0.39, 0.29) is 5.41 Å². The predicted octanol–water partition coefficient (Wildman–Crippen LogP) is 4.74. The molecular weight excluding hydrogens is 252 g/mol. The van der Waals surface area contributed by atoms with E-state index >= 15 is 0 Å². The molecule has 1 unspecified atom stereocenters. The molecule has 1 N–H and O–H groups in total. The van der Waals surface area contributed by atoms with Crippen molar-refractivity contribution >= 4 is 11.3 Å². The maximum Gasteiger partial charge on any atom is 0.113 e. The second-order valence-electron chi connectivity index (χ2n) is 6.28. The van der Waals surface area contributed by atoms with Gasteiger partial charge in [-0.2, -0.15) is 0 Å². The van der Waals surface area contributed by atoms with Gasteiger partial charge in [-0.05, 0) is 37.0 Å². The highest BCUT2D eigenvalue weighted by molar-refractivity contribution is 7.12. The molecule has 2 rings (SSSR count). The Morgan fingerprint density at radius 3 is 2.05 bits per heavy atom. The van der Waals surface area contributed by atoms with Gasteiger partial charge in [0.1, 0.15) is 6.10 Å². The number of hydrogen-bond donors (Lipinski definition) is 1. The van der Waals surface area contributed by atoms with Crippen LogP contribution in [0.5, 0.6) is 0 Å². The van der Waals surface area contributed by atoms with Crippen molar-refractivity contribution in [2.75, 3.05) is 0 Å². The molecule has 102 valence electrons. The lowest BCUT2D eigenvalue weighted by molar-refractivity contribution is 0.224.